The van der Waals surface area contributed by atoms with Gasteiger partial charge in [-0.15, -0.1) is 0 Å². The maximum absolute atomic E-state index is 12.5. The van der Waals surface area contributed by atoms with Crippen LogP contribution >= 0.6 is 15.9 Å². The van der Waals surface area contributed by atoms with Gasteiger partial charge >= 0.3 is 0 Å². The number of hydrogen-bond acceptors (Lipinski definition) is 2. The van der Waals surface area contributed by atoms with E-state index in [1.54, 1.807) is 6.20 Å². The Bertz CT molecular complexity index is 477. The number of pyridine rings is 1. The minimum absolute atomic E-state index is 0.0801. The minimum atomic E-state index is 0.0801. The number of fused-ring (bicyclic) bond motifs is 1. The van der Waals surface area contributed by atoms with Crippen LogP contribution in [0.4, 0.5) is 0 Å². The summed E-state index contributed by atoms with van der Waals surface area (Å²) in [7, 11) is 0. The SMILES string of the molecule is O=C(c1ncccc1Br)N1CCC2CCCCC2C1. The van der Waals surface area contributed by atoms with E-state index in [1.165, 1.54) is 32.1 Å². The van der Waals surface area contributed by atoms with Crippen molar-refractivity contribution >= 4 is 21.8 Å². The molecule has 1 aromatic rings. The zero-order valence-corrected chi connectivity index (χ0v) is 12.6. The second kappa shape index (κ2) is 5.61. The van der Waals surface area contributed by atoms with Crippen LogP contribution in [0.3, 0.4) is 0 Å². The van der Waals surface area contributed by atoms with Crippen LogP contribution in [0.2, 0.25) is 0 Å². The van der Waals surface area contributed by atoms with Crippen LogP contribution in [0, 0.1) is 11.8 Å². The number of hydrogen-bond donors (Lipinski definition) is 0. The lowest BCUT2D eigenvalue weighted by Crippen LogP contribution is -2.45. The molecule has 1 amide bonds. The van der Waals surface area contributed by atoms with Gasteiger partial charge in [0.05, 0.1) is 0 Å². The fraction of sp³-hybridized carbons (Fsp3) is 0.600. The van der Waals surface area contributed by atoms with E-state index in [0.29, 0.717) is 11.6 Å². The van der Waals surface area contributed by atoms with E-state index in [0.717, 1.165) is 23.5 Å². The zero-order valence-electron chi connectivity index (χ0n) is 11.0. The normalized spacial score (nSPS) is 26.9. The van der Waals surface area contributed by atoms with Crippen molar-refractivity contribution in [1.29, 1.82) is 0 Å². The van der Waals surface area contributed by atoms with Crippen LogP contribution in [0.1, 0.15) is 42.6 Å². The number of amides is 1. The maximum atomic E-state index is 12.5. The lowest BCUT2D eigenvalue weighted by atomic mass is 9.75. The summed E-state index contributed by atoms with van der Waals surface area (Å²) in [6.07, 6.45) is 8.21. The van der Waals surface area contributed by atoms with Crippen molar-refractivity contribution in [3.63, 3.8) is 0 Å². The Labute approximate surface area is 122 Å². The Kier molecular flexibility index (Phi) is 3.87. The molecule has 2 unspecified atom stereocenters. The predicted octanol–water partition coefficient (Wildman–Crippen LogP) is 3.50. The molecule has 0 radical (unpaired) electrons. The summed E-state index contributed by atoms with van der Waals surface area (Å²) in [5, 5.41) is 0. The highest BCUT2D eigenvalue weighted by Gasteiger charge is 2.33. The van der Waals surface area contributed by atoms with Crippen molar-refractivity contribution < 1.29 is 4.79 Å². The van der Waals surface area contributed by atoms with Gasteiger partial charge in [-0.1, -0.05) is 19.3 Å². The van der Waals surface area contributed by atoms with Gasteiger partial charge in [0.15, 0.2) is 0 Å². The van der Waals surface area contributed by atoms with E-state index in [-0.39, 0.29) is 5.91 Å². The summed E-state index contributed by atoms with van der Waals surface area (Å²) >= 11 is 3.42. The van der Waals surface area contributed by atoms with Crippen LogP contribution in [0.15, 0.2) is 22.8 Å². The van der Waals surface area contributed by atoms with Crippen molar-refractivity contribution in [1.82, 2.24) is 9.88 Å². The number of likely N-dealkylation sites (tertiary alicyclic amines) is 1. The summed E-state index contributed by atoms with van der Waals surface area (Å²) in [5.74, 6) is 1.65. The Balaban J connectivity index is 1.73. The summed E-state index contributed by atoms with van der Waals surface area (Å²) < 4.78 is 0.797. The molecular formula is C15H19BrN2O. The van der Waals surface area contributed by atoms with Gasteiger partial charge in [0, 0.05) is 23.8 Å². The van der Waals surface area contributed by atoms with Crippen LogP contribution < -0.4 is 0 Å². The average Bonchev–Trinajstić information content (AvgIpc) is 2.46. The number of carbonyl (C=O) groups excluding carboxylic acids is 1. The van der Waals surface area contributed by atoms with Crippen LogP contribution in [0.25, 0.3) is 0 Å². The number of piperidine rings is 1. The molecule has 1 saturated carbocycles. The number of aromatic nitrogens is 1. The smallest absolute Gasteiger partial charge is 0.273 e. The number of rotatable bonds is 1. The third kappa shape index (κ3) is 2.69. The van der Waals surface area contributed by atoms with Gasteiger partial charge < -0.3 is 4.90 Å². The molecule has 1 saturated heterocycles. The first-order chi connectivity index (χ1) is 9.25. The first-order valence-electron chi connectivity index (χ1n) is 7.15. The minimum Gasteiger partial charge on any atom is -0.337 e. The van der Waals surface area contributed by atoms with Gasteiger partial charge in [0.2, 0.25) is 0 Å². The predicted molar refractivity (Wildman–Crippen MR) is 77.9 cm³/mol. The molecule has 0 bridgehead atoms. The zero-order chi connectivity index (χ0) is 13.2. The molecule has 0 aromatic carbocycles. The number of halogens is 1. The van der Waals surface area contributed by atoms with Gasteiger partial charge in [-0.05, 0) is 52.7 Å². The van der Waals surface area contributed by atoms with E-state index in [9.17, 15) is 4.79 Å². The molecule has 1 aromatic heterocycles. The molecule has 3 nitrogen and oxygen atoms in total. The van der Waals surface area contributed by atoms with Gasteiger partial charge in [-0.25, -0.2) is 4.98 Å². The second-order valence-electron chi connectivity index (χ2n) is 5.68. The van der Waals surface area contributed by atoms with Gasteiger partial charge in [-0.2, -0.15) is 0 Å². The Morgan fingerprint density at radius 1 is 1.26 bits per heavy atom. The van der Waals surface area contributed by atoms with Crippen molar-refractivity contribution in [2.75, 3.05) is 13.1 Å². The molecular weight excluding hydrogens is 304 g/mol. The maximum Gasteiger partial charge on any atom is 0.273 e. The van der Waals surface area contributed by atoms with Crippen molar-refractivity contribution in [2.24, 2.45) is 11.8 Å². The number of carbonyl (C=O) groups is 1. The van der Waals surface area contributed by atoms with Crippen LogP contribution in [-0.4, -0.2) is 28.9 Å². The second-order valence-corrected chi connectivity index (χ2v) is 6.53. The fourth-order valence-electron chi connectivity index (χ4n) is 3.48. The highest BCUT2D eigenvalue weighted by molar-refractivity contribution is 9.10. The van der Waals surface area contributed by atoms with Crippen molar-refractivity contribution in [3.05, 3.63) is 28.5 Å². The third-order valence-corrected chi connectivity index (χ3v) is 5.18. The summed E-state index contributed by atoms with van der Waals surface area (Å²) in [5.41, 5.74) is 0.553. The van der Waals surface area contributed by atoms with E-state index in [2.05, 4.69) is 20.9 Å². The molecule has 0 N–H and O–H groups in total. The topological polar surface area (TPSA) is 33.2 Å². The van der Waals surface area contributed by atoms with Crippen molar-refractivity contribution in [3.8, 4) is 0 Å². The largest absolute Gasteiger partial charge is 0.337 e. The van der Waals surface area contributed by atoms with E-state index in [4.69, 9.17) is 0 Å². The molecule has 3 rings (SSSR count). The molecule has 19 heavy (non-hydrogen) atoms. The highest BCUT2D eigenvalue weighted by Crippen LogP contribution is 2.36. The van der Waals surface area contributed by atoms with Gasteiger partial charge in [0.25, 0.3) is 5.91 Å². The number of nitrogens with zero attached hydrogens (tertiary/aromatic N) is 2. The standard InChI is InChI=1S/C15H19BrN2O/c16-13-6-3-8-17-14(13)15(19)18-9-7-11-4-1-2-5-12(11)10-18/h3,6,8,11-12H,1-2,4-5,7,9-10H2. The quantitative estimate of drug-likeness (QED) is 0.792. The molecule has 4 heteroatoms. The average molecular weight is 323 g/mol. The Morgan fingerprint density at radius 2 is 2.05 bits per heavy atom. The van der Waals surface area contributed by atoms with E-state index < -0.39 is 0 Å². The molecule has 0 spiro atoms. The van der Waals surface area contributed by atoms with Crippen LogP contribution in [0.5, 0.6) is 0 Å². The monoisotopic (exact) mass is 322 g/mol. The molecule has 2 fully saturated rings. The molecule has 2 heterocycles. The van der Waals surface area contributed by atoms with E-state index in [1.807, 2.05) is 17.0 Å². The molecule has 1 aliphatic heterocycles. The Morgan fingerprint density at radius 3 is 2.84 bits per heavy atom. The van der Waals surface area contributed by atoms with Crippen LogP contribution in [-0.2, 0) is 0 Å². The molecule has 1 aliphatic carbocycles. The first-order valence-corrected chi connectivity index (χ1v) is 7.95. The van der Waals surface area contributed by atoms with Gasteiger partial charge in [0.1, 0.15) is 5.69 Å². The molecule has 2 atom stereocenters. The first kappa shape index (κ1) is 13.1. The Hall–Kier alpha value is -0.900. The van der Waals surface area contributed by atoms with Gasteiger partial charge in [-0.3, -0.25) is 4.79 Å². The third-order valence-electron chi connectivity index (χ3n) is 4.54. The molecule has 2 aliphatic rings. The fourth-order valence-corrected chi connectivity index (χ4v) is 3.90. The molecule has 102 valence electrons. The summed E-state index contributed by atoms with van der Waals surface area (Å²) in [6, 6.07) is 3.72. The van der Waals surface area contributed by atoms with Crippen molar-refractivity contribution in [2.45, 2.75) is 32.1 Å². The highest BCUT2D eigenvalue weighted by atomic mass is 79.9. The lowest BCUT2D eigenvalue weighted by Gasteiger charge is -2.41. The van der Waals surface area contributed by atoms with E-state index >= 15 is 0 Å². The lowest BCUT2D eigenvalue weighted by molar-refractivity contribution is 0.0514. The summed E-state index contributed by atoms with van der Waals surface area (Å²) in [4.78, 5) is 18.7. The summed E-state index contributed by atoms with van der Waals surface area (Å²) in [6.45, 7) is 1.82.